The SMILES string of the molecule is CCN(CC)C(=S)SCC(=O)c1cc(C)n(-c2ccc(F)cc2)c1C. The van der Waals surface area contributed by atoms with E-state index in [-0.39, 0.29) is 11.6 Å². The Morgan fingerprint density at radius 1 is 1.20 bits per heavy atom. The number of hydrogen-bond acceptors (Lipinski definition) is 3. The van der Waals surface area contributed by atoms with Gasteiger partial charge < -0.3 is 9.47 Å². The first-order chi connectivity index (χ1) is 11.9. The predicted octanol–water partition coefficient (Wildman–Crippen LogP) is 4.78. The van der Waals surface area contributed by atoms with Crippen molar-refractivity contribution < 1.29 is 9.18 Å². The van der Waals surface area contributed by atoms with Gasteiger partial charge in [-0.05, 0) is 58.0 Å². The van der Waals surface area contributed by atoms with Crippen LogP contribution >= 0.6 is 24.0 Å². The Balaban J connectivity index is 2.18. The molecule has 0 spiro atoms. The van der Waals surface area contributed by atoms with Crippen molar-refractivity contribution in [3.8, 4) is 5.69 Å². The van der Waals surface area contributed by atoms with Crippen LogP contribution in [0.25, 0.3) is 5.69 Å². The highest BCUT2D eigenvalue weighted by Crippen LogP contribution is 2.23. The number of carbonyl (C=O) groups is 1. The van der Waals surface area contributed by atoms with E-state index in [0.717, 1.165) is 34.5 Å². The second kappa shape index (κ2) is 8.63. The molecule has 0 unspecified atom stereocenters. The van der Waals surface area contributed by atoms with Crippen LogP contribution in [-0.4, -0.2) is 38.4 Å². The normalized spacial score (nSPS) is 10.8. The fourth-order valence-corrected chi connectivity index (χ4v) is 4.10. The molecule has 0 N–H and O–H groups in total. The molecule has 0 aliphatic carbocycles. The van der Waals surface area contributed by atoms with Gasteiger partial charge in [0.25, 0.3) is 0 Å². The van der Waals surface area contributed by atoms with E-state index in [1.165, 1.54) is 23.9 Å². The molecule has 1 heterocycles. The zero-order chi connectivity index (χ0) is 18.6. The lowest BCUT2D eigenvalue weighted by Gasteiger charge is -2.20. The fraction of sp³-hybridized carbons (Fsp3) is 0.368. The molecule has 2 rings (SSSR count). The van der Waals surface area contributed by atoms with Crippen LogP contribution in [0.3, 0.4) is 0 Å². The van der Waals surface area contributed by atoms with Crippen LogP contribution in [0.5, 0.6) is 0 Å². The molecule has 6 heteroatoms. The number of thiocarbonyl (C=S) groups is 1. The van der Waals surface area contributed by atoms with Crippen LogP contribution in [-0.2, 0) is 0 Å². The smallest absolute Gasteiger partial charge is 0.174 e. The molecule has 2 aromatic rings. The molecule has 25 heavy (non-hydrogen) atoms. The van der Waals surface area contributed by atoms with Crippen molar-refractivity contribution in [3.05, 3.63) is 53.1 Å². The van der Waals surface area contributed by atoms with Gasteiger partial charge in [-0.3, -0.25) is 4.79 Å². The van der Waals surface area contributed by atoms with Crippen LogP contribution in [0.4, 0.5) is 4.39 Å². The highest BCUT2D eigenvalue weighted by Gasteiger charge is 2.18. The molecule has 0 amide bonds. The van der Waals surface area contributed by atoms with Gasteiger partial charge in [0, 0.05) is 35.7 Å². The summed E-state index contributed by atoms with van der Waals surface area (Å²) in [6.07, 6.45) is 0. The summed E-state index contributed by atoms with van der Waals surface area (Å²) in [4.78, 5) is 14.7. The van der Waals surface area contributed by atoms with Gasteiger partial charge >= 0.3 is 0 Å². The molecule has 0 bridgehead atoms. The van der Waals surface area contributed by atoms with Crippen molar-refractivity contribution >= 4 is 34.1 Å². The molecule has 134 valence electrons. The van der Waals surface area contributed by atoms with E-state index >= 15 is 0 Å². The molecular weight excluding hydrogens is 355 g/mol. The molecule has 0 fully saturated rings. The molecule has 0 radical (unpaired) electrons. The molecule has 0 saturated carbocycles. The number of aromatic nitrogens is 1. The van der Waals surface area contributed by atoms with Crippen molar-refractivity contribution in [2.24, 2.45) is 0 Å². The van der Waals surface area contributed by atoms with Gasteiger partial charge in [0.15, 0.2) is 5.78 Å². The van der Waals surface area contributed by atoms with E-state index in [0.29, 0.717) is 11.3 Å². The van der Waals surface area contributed by atoms with Gasteiger partial charge in [0.2, 0.25) is 0 Å². The van der Waals surface area contributed by atoms with E-state index in [1.54, 1.807) is 12.1 Å². The minimum absolute atomic E-state index is 0.0565. The number of rotatable bonds is 6. The maximum Gasteiger partial charge on any atom is 0.174 e. The number of Topliss-reactive ketones (excluding diaryl/α,β-unsaturated/α-hetero) is 1. The third-order valence-electron chi connectivity index (χ3n) is 4.16. The summed E-state index contributed by atoms with van der Waals surface area (Å²) in [5, 5.41) is 0. The van der Waals surface area contributed by atoms with E-state index in [9.17, 15) is 9.18 Å². The van der Waals surface area contributed by atoms with Crippen LogP contribution in [0.2, 0.25) is 0 Å². The largest absolute Gasteiger partial charge is 0.358 e. The van der Waals surface area contributed by atoms with Crippen molar-refractivity contribution in [2.75, 3.05) is 18.8 Å². The zero-order valence-electron chi connectivity index (χ0n) is 15.0. The summed E-state index contributed by atoms with van der Waals surface area (Å²) in [6.45, 7) is 9.64. The summed E-state index contributed by atoms with van der Waals surface area (Å²) in [6, 6.07) is 8.17. The van der Waals surface area contributed by atoms with Gasteiger partial charge in [0.05, 0.1) is 5.75 Å². The first-order valence-corrected chi connectivity index (χ1v) is 9.68. The molecule has 0 aliphatic heterocycles. The van der Waals surface area contributed by atoms with E-state index in [4.69, 9.17) is 12.2 Å². The molecule has 3 nitrogen and oxygen atoms in total. The molecule has 1 aromatic heterocycles. The summed E-state index contributed by atoms with van der Waals surface area (Å²) < 4.78 is 15.9. The molecule has 1 aromatic carbocycles. The van der Waals surface area contributed by atoms with E-state index in [2.05, 4.69) is 18.7 Å². The third kappa shape index (κ3) is 4.50. The van der Waals surface area contributed by atoms with Gasteiger partial charge in [-0.25, -0.2) is 4.39 Å². The maximum absolute atomic E-state index is 13.2. The number of aryl methyl sites for hydroxylation is 1. The number of benzene rings is 1. The van der Waals surface area contributed by atoms with Crippen molar-refractivity contribution in [1.82, 2.24) is 9.47 Å². The van der Waals surface area contributed by atoms with E-state index in [1.807, 2.05) is 24.5 Å². The van der Waals surface area contributed by atoms with Crippen molar-refractivity contribution in [1.29, 1.82) is 0 Å². The second-order valence-corrected chi connectivity index (χ2v) is 7.36. The van der Waals surface area contributed by atoms with Crippen molar-refractivity contribution in [3.63, 3.8) is 0 Å². The predicted molar refractivity (Wildman–Crippen MR) is 108 cm³/mol. The lowest BCUT2D eigenvalue weighted by Crippen LogP contribution is -2.27. The summed E-state index contributed by atoms with van der Waals surface area (Å²) >= 11 is 6.80. The lowest BCUT2D eigenvalue weighted by molar-refractivity contribution is 0.102. The van der Waals surface area contributed by atoms with Crippen LogP contribution in [0, 0.1) is 19.7 Å². The number of thioether (sulfide) groups is 1. The second-order valence-electron chi connectivity index (χ2n) is 5.75. The average Bonchev–Trinajstić information content (AvgIpc) is 2.89. The molecule has 0 atom stereocenters. The summed E-state index contributed by atoms with van der Waals surface area (Å²) in [5.41, 5.74) is 3.35. The molecule has 0 aliphatic rings. The fourth-order valence-electron chi connectivity index (χ4n) is 2.81. The molecular formula is C19H23FN2OS2. The summed E-state index contributed by atoms with van der Waals surface area (Å²) in [5.74, 6) is 0.105. The lowest BCUT2D eigenvalue weighted by atomic mass is 10.2. The Labute approximate surface area is 158 Å². The number of carbonyl (C=O) groups excluding carboxylic acids is 1. The highest BCUT2D eigenvalue weighted by atomic mass is 32.2. The Bertz CT molecular complexity index is 764. The number of ketones is 1. The first kappa shape index (κ1) is 19.7. The Kier molecular flexibility index (Phi) is 6.79. The molecule has 0 saturated heterocycles. The highest BCUT2D eigenvalue weighted by molar-refractivity contribution is 8.23. The minimum Gasteiger partial charge on any atom is -0.358 e. The van der Waals surface area contributed by atoms with Crippen LogP contribution < -0.4 is 0 Å². The quantitative estimate of drug-likeness (QED) is 0.534. The van der Waals surface area contributed by atoms with Crippen LogP contribution in [0.15, 0.2) is 30.3 Å². The zero-order valence-corrected chi connectivity index (χ0v) is 16.6. The number of hydrogen-bond donors (Lipinski definition) is 0. The maximum atomic E-state index is 13.2. The Morgan fingerprint density at radius 2 is 1.80 bits per heavy atom. The van der Waals surface area contributed by atoms with E-state index < -0.39 is 0 Å². The van der Waals surface area contributed by atoms with Gasteiger partial charge in [-0.15, -0.1) is 0 Å². The van der Waals surface area contributed by atoms with Crippen LogP contribution in [0.1, 0.15) is 35.6 Å². The minimum atomic E-state index is -0.274. The standard InChI is InChI=1S/C19H23FN2OS2/c1-5-21(6-2)19(24)25-12-18(23)17-11-13(3)22(14(17)4)16-9-7-15(20)8-10-16/h7-11H,5-6,12H2,1-4H3. The number of halogens is 1. The van der Waals surface area contributed by atoms with Gasteiger partial charge in [-0.2, -0.15) is 0 Å². The topological polar surface area (TPSA) is 25.2 Å². The monoisotopic (exact) mass is 378 g/mol. The average molecular weight is 379 g/mol. The Morgan fingerprint density at radius 3 is 2.36 bits per heavy atom. The van der Waals surface area contributed by atoms with Gasteiger partial charge in [-0.1, -0.05) is 24.0 Å². The number of nitrogens with zero attached hydrogens (tertiary/aromatic N) is 2. The first-order valence-electron chi connectivity index (χ1n) is 8.28. The van der Waals surface area contributed by atoms with Crippen molar-refractivity contribution in [2.45, 2.75) is 27.7 Å². The Hall–Kier alpha value is -1.66. The van der Waals surface area contributed by atoms with Gasteiger partial charge in [0.1, 0.15) is 10.1 Å². The summed E-state index contributed by atoms with van der Waals surface area (Å²) in [7, 11) is 0. The third-order valence-corrected chi connectivity index (χ3v) is 5.69.